The Balaban J connectivity index is 0. The number of hydrogen-bond acceptors (Lipinski definition) is 2. The summed E-state index contributed by atoms with van der Waals surface area (Å²) in [5.74, 6) is 0.833. The maximum atomic E-state index is 5.25. The molecule has 0 unspecified atom stereocenters. The topological polar surface area (TPSA) is 35.2 Å². The number of ether oxygens (including phenoxy) is 1. The Labute approximate surface area is 77.5 Å². The van der Waals surface area contributed by atoms with Crippen LogP contribution in [-0.2, 0) is 4.74 Å². The third kappa shape index (κ3) is 32.6. The van der Waals surface area contributed by atoms with Crippen LogP contribution in [0.2, 0.25) is 0 Å². The van der Waals surface area contributed by atoms with Crippen LogP contribution in [0.5, 0.6) is 0 Å². The van der Waals surface area contributed by atoms with Crippen LogP contribution in [0.3, 0.4) is 0 Å². The lowest BCUT2D eigenvalue weighted by molar-refractivity contribution is 0.00195. The highest BCUT2D eigenvalue weighted by molar-refractivity contribution is 4.57. The second-order valence-electron chi connectivity index (χ2n) is 4.48. The molecule has 0 aliphatic carbocycles. The van der Waals surface area contributed by atoms with Crippen LogP contribution >= 0.6 is 0 Å². The summed E-state index contributed by atoms with van der Waals surface area (Å²) < 4.78 is 5.25. The lowest BCUT2D eigenvalue weighted by Gasteiger charge is -2.18. The van der Waals surface area contributed by atoms with Gasteiger partial charge in [0.1, 0.15) is 0 Å². The predicted octanol–water partition coefficient (Wildman–Crippen LogP) is 2.42. The fourth-order valence-electron chi connectivity index (χ4n) is 0.365. The molecule has 0 saturated carbocycles. The Bertz CT molecular complexity index is 81.6. The van der Waals surface area contributed by atoms with Crippen molar-refractivity contribution in [2.45, 2.75) is 47.1 Å². The Kier molecular flexibility index (Phi) is 9.10. The van der Waals surface area contributed by atoms with Gasteiger partial charge in [0.2, 0.25) is 0 Å². The molecule has 0 heterocycles. The van der Waals surface area contributed by atoms with E-state index in [0.717, 1.165) is 5.92 Å². The van der Waals surface area contributed by atoms with Crippen LogP contribution in [0, 0.1) is 5.92 Å². The molecular formula is C10H25NO. The zero-order valence-electron chi connectivity index (χ0n) is 9.48. The third-order valence-electron chi connectivity index (χ3n) is 0.653. The van der Waals surface area contributed by atoms with E-state index in [1.165, 1.54) is 0 Å². The summed E-state index contributed by atoms with van der Waals surface area (Å²) >= 11 is 0. The minimum atomic E-state index is -0.0284. The highest BCUT2D eigenvalue weighted by atomic mass is 16.5. The first kappa shape index (κ1) is 14.4. The van der Waals surface area contributed by atoms with E-state index in [0.29, 0.717) is 13.2 Å². The van der Waals surface area contributed by atoms with E-state index in [1.807, 2.05) is 20.8 Å². The van der Waals surface area contributed by atoms with Gasteiger partial charge in [-0.05, 0) is 26.7 Å². The fraction of sp³-hybridized carbons (Fsp3) is 1.00. The molecule has 0 spiro atoms. The van der Waals surface area contributed by atoms with Crippen molar-refractivity contribution in [3.8, 4) is 0 Å². The fourth-order valence-corrected chi connectivity index (χ4v) is 0.365. The maximum absolute atomic E-state index is 5.25. The Morgan fingerprint density at radius 2 is 1.50 bits per heavy atom. The van der Waals surface area contributed by atoms with Gasteiger partial charge in [-0.25, -0.2) is 0 Å². The second kappa shape index (κ2) is 7.56. The molecule has 0 aliphatic heterocycles. The summed E-state index contributed by atoms with van der Waals surface area (Å²) in [7, 11) is 0. The highest BCUT2D eigenvalue weighted by Crippen LogP contribution is 2.04. The maximum Gasteiger partial charge on any atom is 0.0599 e. The summed E-state index contributed by atoms with van der Waals surface area (Å²) in [4.78, 5) is 0. The smallest absolute Gasteiger partial charge is 0.0599 e. The van der Waals surface area contributed by atoms with Gasteiger partial charge in [-0.3, -0.25) is 0 Å². The molecule has 0 aromatic carbocycles. The van der Waals surface area contributed by atoms with Crippen molar-refractivity contribution < 1.29 is 4.74 Å². The molecule has 0 bridgehead atoms. The molecule has 0 atom stereocenters. The molecule has 0 saturated heterocycles. The van der Waals surface area contributed by atoms with E-state index in [4.69, 9.17) is 10.5 Å². The van der Waals surface area contributed by atoms with Crippen LogP contribution < -0.4 is 5.73 Å². The highest BCUT2D eigenvalue weighted by Gasteiger charge is 2.07. The zero-order valence-corrected chi connectivity index (χ0v) is 9.48. The van der Waals surface area contributed by atoms with Crippen molar-refractivity contribution >= 4 is 0 Å². The number of rotatable bonds is 2. The molecule has 12 heavy (non-hydrogen) atoms. The Hall–Kier alpha value is -0.0800. The van der Waals surface area contributed by atoms with E-state index in [-0.39, 0.29) is 5.60 Å². The van der Waals surface area contributed by atoms with E-state index in [1.54, 1.807) is 0 Å². The van der Waals surface area contributed by atoms with Gasteiger partial charge >= 0.3 is 0 Å². The van der Waals surface area contributed by atoms with Gasteiger partial charge in [0, 0.05) is 6.54 Å². The van der Waals surface area contributed by atoms with Gasteiger partial charge in [-0.15, -0.1) is 0 Å². The van der Waals surface area contributed by atoms with Crippen LogP contribution in [0.25, 0.3) is 0 Å². The molecule has 2 heteroatoms. The molecule has 0 fully saturated rings. The number of nitrogens with two attached hydrogens (primary N) is 1. The first-order valence-electron chi connectivity index (χ1n) is 4.63. The molecule has 2 nitrogen and oxygen atoms in total. The number of hydrogen-bond donors (Lipinski definition) is 1. The standard InChI is InChI=1S/C6H15NO.C4H10/c1-6(2,3)8-5-4-7;1-4(2)3/h4-5,7H2,1-3H3;4H,1-3H3. The summed E-state index contributed by atoms with van der Waals surface area (Å²) in [6.07, 6.45) is 0. The van der Waals surface area contributed by atoms with E-state index < -0.39 is 0 Å². The molecule has 0 rings (SSSR count). The molecule has 0 amide bonds. The van der Waals surface area contributed by atoms with Gasteiger partial charge in [-0.2, -0.15) is 0 Å². The van der Waals surface area contributed by atoms with Crippen LogP contribution in [0.4, 0.5) is 0 Å². The monoisotopic (exact) mass is 175 g/mol. The van der Waals surface area contributed by atoms with Crippen molar-refractivity contribution in [2.75, 3.05) is 13.2 Å². The predicted molar refractivity (Wildman–Crippen MR) is 55.3 cm³/mol. The molecule has 0 aromatic heterocycles. The largest absolute Gasteiger partial charge is 0.375 e. The first-order chi connectivity index (χ1) is 5.29. The summed E-state index contributed by atoms with van der Waals surface area (Å²) in [6, 6.07) is 0. The molecule has 0 radical (unpaired) electrons. The van der Waals surface area contributed by atoms with Crippen molar-refractivity contribution in [1.29, 1.82) is 0 Å². The Morgan fingerprint density at radius 3 is 1.58 bits per heavy atom. The minimum Gasteiger partial charge on any atom is -0.375 e. The van der Waals surface area contributed by atoms with Gasteiger partial charge in [0.25, 0.3) is 0 Å². The second-order valence-corrected chi connectivity index (χ2v) is 4.48. The molecule has 76 valence electrons. The van der Waals surface area contributed by atoms with Gasteiger partial charge < -0.3 is 10.5 Å². The summed E-state index contributed by atoms with van der Waals surface area (Å²) in [5.41, 5.74) is 5.18. The zero-order chi connectivity index (χ0) is 10.2. The average Bonchev–Trinajstić information content (AvgIpc) is 1.80. The summed E-state index contributed by atoms with van der Waals surface area (Å²) in [5, 5.41) is 0. The van der Waals surface area contributed by atoms with Gasteiger partial charge in [0.15, 0.2) is 0 Å². The third-order valence-corrected chi connectivity index (χ3v) is 0.653. The van der Waals surface area contributed by atoms with Crippen molar-refractivity contribution in [3.05, 3.63) is 0 Å². The molecule has 2 N–H and O–H groups in total. The van der Waals surface area contributed by atoms with Crippen molar-refractivity contribution in [3.63, 3.8) is 0 Å². The van der Waals surface area contributed by atoms with E-state index in [2.05, 4.69) is 20.8 Å². The van der Waals surface area contributed by atoms with Crippen LogP contribution in [0.15, 0.2) is 0 Å². The quantitative estimate of drug-likeness (QED) is 0.699. The van der Waals surface area contributed by atoms with Crippen LogP contribution in [-0.4, -0.2) is 18.8 Å². The molecule has 0 aliphatic rings. The van der Waals surface area contributed by atoms with Gasteiger partial charge in [0.05, 0.1) is 12.2 Å². The van der Waals surface area contributed by atoms with E-state index in [9.17, 15) is 0 Å². The van der Waals surface area contributed by atoms with Crippen molar-refractivity contribution in [1.82, 2.24) is 0 Å². The Morgan fingerprint density at radius 1 is 1.17 bits per heavy atom. The normalized spacial score (nSPS) is 11.0. The molecular weight excluding hydrogens is 150 g/mol. The van der Waals surface area contributed by atoms with Crippen molar-refractivity contribution in [2.24, 2.45) is 11.7 Å². The van der Waals surface area contributed by atoms with Crippen LogP contribution in [0.1, 0.15) is 41.5 Å². The van der Waals surface area contributed by atoms with E-state index >= 15 is 0 Å². The summed E-state index contributed by atoms with van der Waals surface area (Å²) in [6.45, 7) is 13.8. The lowest BCUT2D eigenvalue weighted by atomic mass is 10.2. The first-order valence-corrected chi connectivity index (χ1v) is 4.63. The average molecular weight is 175 g/mol. The molecule has 0 aromatic rings. The SMILES string of the molecule is CC(C)(C)OCCN.CC(C)C. The minimum absolute atomic E-state index is 0.0284. The van der Waals surface area contributed by atoms with Gasteiger partial charge in [-0.1, -0.05) is 20.8 Å². The lowest BCUT2D eigenvalue weighted by Crippen LogP contribution is -2.23.